The van der Waals surface area contributed by atoms with E-state index in [1.165, 1.54) is 0 Å². The zero-order chi connectivity index (χ0) is 22.3. The highest BCUT2D eigenvalue weighted by Crippen LogP contribution is 2.48. The van der Waals surface area contributed by atoms with Crippen molar-refractivity contribution in [3.8, 4) is 0 Å². The molecule has 0 saturated carbocycles. The first-order chi connectivity index (χ1) is 15.4. The topological polar surface area (TPSA) is 62.3 Å². The van der Waals surface area contributed by atoms with Gasteiger partial charge in [-0.15, -0.1) is 0 Å². The number of para-hydroxylation sites is 2. The normalized spacial score (nSPS) is 19.5. The number of rotatable bonds is 2. The fourth-order valence-electron chi connectivity index (χ4n) is 4.78. The highest BCUT2D eigenvalue weighted by Gasteiger charge is 2.43. The van der Waals surface area contributed by atoms with Crippen molar-refractivity contribution in [2.24, 2.45) is 5.41 Å². The van der Waals surface area contributed by atoms with E-state index in [-0.39, 0.29) is 17.1 Å². The van der Waals surface area contributed by atoms with Gasteiger partial charge >= 0.3 is 0 Å². The second kappa shape index (κ2) is 7.75. The van der Waals surface area contributed by atoms with Crippen LogP contribution in [0.2, 0.25) is 0 Å². The fourth-order valence-corrected chi connectivity index (χ4v) is 4.78. The largest absolute Gasteiger partial charge is 0.357 e. The van der Waals surface area contributed by atoms with E-state index in [4.69, 9.17) is 0 Å². The number of benzene rings is 2. The van der Waals surface area contributed by atoms with Crippen molar-refractivity contribution in [1.82, 2.24) is 4.98 Å². The van der Waals surface area contributed by atoms with E-state index in [1.54, 1.807) is 17.3 Å². The van der Waals surface area contributed by atoms with Crippen LogP contribution in [0.15, 0.2) is 90.4 Å². The fraction of sp³-hybridized carbons (Fsp3) is 0.222. The van der Waals surface area contributed by atoms with Crippen molar-refractivity contribution in [2.75, 3.05) is 10.2 Å². The Kier molecular flexibility index (Phi) is 4.89. The van der Waals surface area contributed by atoms with E-state index >= 15 is 0 Å². The summed E-state index contributed by atoms with van der Waals surface area (Å²) in [6.45, 7) is 4.22. The number of nitrogens with zero attached hydrogens (tertiary/aromatic N) is 2. The van der Waals surface area contributed by atoms with Crippen LogP contribution in [-0.2, 0) is 4.79 Å². The van der Waals surface area contributed by atoms with E-state index in [0.717, 1.165) is 29.1 Å². The number of ketones is 1. The molecule has 0 bridgehead atoms. The third-order valence-electron chi connectivity index (χ3n) is 6.14. The molecule has 2 heterocycles. The molecule has 0 saturated heterocycles. The van der Waals surface area contributed by atoms with Crippen molar-refractivity contribution in [3.63, 3.8) is 0 Å². The molecule has 1 N–H and O–H groups in total. The molecule has 1 aromatic heterocycles. The quantitative estimate of drug-likeness (QED) is 0.588. The van der Waals surface area contributed by atoms with Gasteiger partial charge in [-0.2, -0.15) is 0 Å². The Bertz CT molecular complexity index is 1220. The highest BCUT2D eigenvalue weighted by molar-refractivity contribution is 6.12. The number of hydrogen-bond donors (Lipinski definition) is 1. The summed E-state index contributed by atoms with van der Waals surface area (Å²) in [5, 5.41) is 3.53. The molecule has 1 amide bonds. The third kappa shape index (κ3) is 3.50. The van der Waals surface area contributed by atoms with Gasteiger partial charge in [0.25, 0.3) is 5.91 Å². The summed E-state index contributed by atoms with van der Waals surface area (Å²) >= 11 is 0. The van der Waals surface area contributed by atoms with Crippen LogP contribution in [-0.4, -0.2) is 16.7 Å². The lowest BCUT2D eigenvalue weighted by atomic mass is 9.73. The van der Waals surface area contributed by atoms with Gasteiger partial charge in [0.15, 0.2) is 5.78 Å². The Balaban J connectivity index is 1.79. The first-order valence-corrected chi connectivity index (χ1v) is 10.9. The van der Waals surface area contributed by atoms with Crippen LogP contribution < -0.4 is 10.2 Å². The summed E-state index contributed by atoms with van der Waals surface area (Å²) in [6.07, 6.45) is 4.62. The first kappa shape index (κ1) is 20.2. The molecule has 5 heteroatoms. The van der Waals surface area contributed by atoms with Gasteiger partial charge < -0.3 is 5.32 Å². The lowest BCUT2D eigenvalue weighted by Gasteiger charge is -2.37. The number of carbonyl (C=O) groups is 2. The minimum absolute atomic E-state index is 0.0660. The van der Waals surface area contributed by atoms with E-state index in [1.807, 2.05) is 66.7 Å². The molecule has 1 atom stereocenters. The van der Waals surface area contributed by atoms with E-state index in [2.05, 4.69) is 24.1 Å². The van der Waals surface area contributed by atoms with Gasteiger partial charge in [-0.3, -0.25) is 19.5 Å². The predicted octanol–water partition coefficient (Wildman–Crippen LogP) is 5.54. The summed E-state index contributed by atoms with van der Waals surface area (Å²) in [5.41, 5.74) is 4.33. The minimum atomic E-state index is -0.564. The number of hydrogen-bond acceptors (Lipinski definition) is 4. The maximum Gasteiger partial charge on any atom is 0.259 e. The minimum Gasteiger partial charge on any atom is -0.357 e. The van der Waals surface area contributed by atoms with E-state index in [0.29, 0.717) is 17.6 Å². The Hall–Kier alpha value is -3.73. The number of carbonyl (C=O) groups excluding carboxylic acids is 2. The van der Waals surface area contributed by atoms with Crippen LogP contribution in [0.25, 0.3) is 0 Å². The zero-order valence-electron chi connectivity index (χ0n) is 18.2. The van der Waals surface area contributed by atoms with Crippen molar-refractivity contribution < 1.29 is 9.59 Å². The molecule has 1 aliphatic carbocycles. The summed E-state index contributed by atoms with van der Waals surface area (Å²) in [7, 11) is 0. The molecule has 3 aromatic rings. The van der Waals surface area contributed by atoms with Crippen LogP contribution >= 0.6 is 0 Å². The van der Waals surface area contributed by atoms with Crippen molar-refractivity contribution in [3.05, 3.63) is 102 Å². The Labute approximate surface area is 187 Å². The Morgan fingerprint density at radius 2 is 1.75 bits per heavy atom. The summed E-state index contributed by atoms with van der Waals surface area (Å²) in [4.78, 5) is 33.6. The lowest BCUT2D eigenvalue weighted by Crippen LogP contribution is -2.39. The van der Waals surface area contributed by atoms with Gasteiger partial charge in [0.1, 0.15) is 0 Å². The van der Waals surface area contributed by atoms with E-state index < -0.39 is 6.04 Å². The van der Waals surface area contributed by atoms with Crippen LogP contribution in [0, 0.1) is 5.41 Å². The SMILES string of the molecule is CC1(C)CC(=O)C2=C(C1)Nc1ccccc1N(C(=O)c1ccccc1)[C@H]2c1cccnc1. The smallest absolute Gasteiger partial charge is 0.259 e. The van der Waals surface area contributed by atoms with Gasteiger partial charge in [-0.05, 0) is 47.7 Å². The molecular formula is C27H25N3O2. The lowest BCUT2D eigenvalue weighted by molar-refractivity contribution is -0.118. The molecule has 32 heavy (non-hydrogen) atoms. The number of allylic oxidation sites excluding steroid dienone is 1. The number of amides is 1. The molecule has 0 radical (unpaired) electrons. The number of Topliss-reactive ketones (excluding diaryl/α,β-unsaturated/α-hetero) is 1. The van der Waals surface area contributed by atoms with Gasteiger partial charge in [0.2, 0.25) is 0 Å². The standard InChI is InChI=1S/C27H25N3O2/c1-27(2)15-21-24(23(31)16-27)25(19-11-8-14-28-17-19)30(22-13-7-6-12-20(22)29-21)26(32)18-9-4-3-5-10-18/h3-14,17,25,29H,15-16H2,1-2H3/t25-/m0/s1. The first-order valence-electron chi connectivity index (χ1n) is 10.9. The van der Waals surface area contributed by atoms with Crippen molar-refractivity contribution in [1.29, 1.82) is 0 Å². The van der Waals surface area contributed by atoms with Gasteiger partial charge in [0.05, 0.1) is 17.4 Å². The Morgan fingerprint density at radius 1 is 1.00 bits per heavy atom. The molecule has 1 aliphatic heterocycles. The average molecular weight is 424 g/mol. The van der Waals surface area contributed by atoms with Crippen molar-refractivity contribution in [2.45, 2.75) is 32.7 Å². The number of aromatic nitrogens is 1. The van der Waals surface area contributed by atoms with Gasteiger partial charge in [-0.1, -0.05) is 50.2 Å². The molecule has 0 unspecified atom stereocenters. The molecule has 5 rings (SSSR count). The van der Waals surface area contributed by atoms with Crippen LogP contribution in [0.1, 0.15) is 48.7 Å². The van der Waals surface area contributed by atoms with Crippen molar-refractivity contribution >= 4 is 23.1 Å². The molecule has 5 nitrogen and oxygen atoms in total. The number of nitrogens with one attached hydrogen (secondary N) is 1. The average Bonchev–Trinajstić information content (AvgIpc) is 2.93. The summed E-state index contributed by atoms with van der Waals surface area (Å²) < 4.78 is 0. The molecule has 2 aromatic carbocycles. The second-order valence-corrected chi connectivity index (χ2v) is 9.21. The molecule has 0 spiro atoms. The highest BCUT2D eigenvalue weighted by atomic mass is 16.2. The third-order valence-corrected chi connectivity index (χ3v) is 6.14. The van der Waals surface area contributed by atoms with E-state index in [9.17, 15) is 9.59 Å². The number of fused-ring (bicyclic) bond motifs is 1. The summed E-state index contributed by atoms with van der Waals surface area (Å²) in [5.74, 6) is -0.0867. The van der Waals surface area contributed by atoms with Crippen LogP contribution in [0.4, 0.5) is 11.4 Å². The van der Waals surface area contributed by atoms with Gasteiger partial charge in [-0.25, -0.2) is 0 Å². The monoisotopic (exact) mass is 423 g/mol. The maximum atomic E-state index is 14.0. The Morgan fingerprint density at radius 3 is 2.50 bits per heavy atom. The number of pyridine rings is 1. The molecular weight excluding hydrogens is 398 g/mol. The second-order valence-electron chi connectivity index (χ2n) is 9.21. The van der Waals surface area contributed by atoms with Gasteiger partial charge in [0, 0.05) is 35.6 Å². The molecule has 2 aliphatic rings. The zero-order valence-corrected chi connectivity index (χ0v) is 18.2. The van der Waals surface area contributed by atoms with Crippen LogP contribution in [0.5, 0.6) is 0 Å². The summed E-state index contributed by atoms with van der Waals surface area (Å²) in [6, 6.07) is 20.2. The predicted molar refractivity (Wildman–Crippen MR) is 125 cm³/mol. The number of anilines is 2. The maximum absolute atomic E-state index is 14.0. The molecule has 0 fully saturated rings. The molecule has 160 valence electrons. The van der Waals surface area contributed by atoms with Crippen LogP contribution in [0.3, 0.4) is 0 Å².